The van der Waals surface area contributed by atoms with Crippen LogP contribution in [0.5, 0.6) is 0 Å². The van der Waals surface area contributed by atoms with E-state index in [0.717, 1.165) is 12.1 Å². The number of carbonyl (C=O) groups excluding carboxylic acids is 1. The van der Waals surface area contributed by atoms with E-state index in [1.807, 2.05) is 41.0 Å². The standard InChI is InChI=1S/C16H23ClN2O3/c1-2-22-12-15(20)10-18-7-8-19(16(21)11-18)9-13-3-5-14(17)6-4-13/h3-6,15,20H,2,7-12H2,1H3/t15-/m1/s1. The number of aliphatic hydroxyl groups is 1. The molecule has 1 saturated heterocycles. The lowest BCUT2D eigenvalue weighted by molar-refractivity contribution is -0.137. The Morgan fingerprint density at radius 3 is 2.68 bits per heavy atom. The van der Waals surface area contributed by atoms with Crippen molar-refractivity contribution in [1.82, 2.24) is 9.80 Å². The van der Waals surface area contributed by atoms with Crippen molar-refractivity contribution < 1.29 is 14.6 Å². The number of halogens is 1. The van der Waals surface area contributed by atoms with Gasteiger partial charge in [-0.25, -0.2) is 0 Å². The summed E-state index contributed by atoms with van der Waals surface area (Å²) in [5, 5.41) is 10.5. The molecule has 22 heavy (non-hydrogen) atoms. The third kappa shape index (κ3) is 5.25. The van der Waals surface area contributed by atoms with Crippen LogP contribution in [-0.2, 0) is 16.1 Å². The summed E-state index contributed by atoms with van der Waals surface area (Å²) in [7, 11) is 0. The van der Waals surface area contributed by atoms with Gasteiger partial charge in [0.2, 0.25) is 5.91 Å². The molecule has 122 valence electrons. The number of hydrogen-bond donors (Lipinski definition) is 1. The second-order valence-corrected chi connectivity index (χ2v) is 5.93. The van der Waals surface area contributed by atoms with Crippen LogP contribution >= 0.6 is 11.6 Å². The number of piperazine rings is 1. The van der Waals surface area contributed by atoms with Crippen LogP contribution < -0.4 is 0 Å². The van der Waals surface area contributed by atoms with Gasteiger partial charge in [0, 0.05) is 37.8 Å². The van der Waals surface area contributed by atoms with Crippen LogP contribution in [0.3, 0.4) is 0 Å². The minimum Gasteiger partial charge on any atom is -0.389 e. The molecule has 2 rings (SSSR count). The van der Waals surface area contributed by atoms with E-state index in [-0.39, 0.29) is 5.91 Å². The Hall–Kier alpha value is -1.14. The van der Waals surface area contributed by atoms with Crippen molar-refractivity contribution in [3.05, 3.63) is 34.9 Å². The SMILES string of the molecule is CCOC[C@H](O)CN1CCN(Cc2ccc(Cl)cc2)C(=O)C1. The highest BCUT2D eigenvalue weighted by Crippen LogP contribution is 2.13. The summed E-state index contributed by atoms with van der Waals surface area (Å²) >= 11 is 5.87. The Morgan fingerprint density at radius 1 is 1.32 bits per heavy atom. The van der Waals surface area contributed by atoms with E-state index in [1.54, 1.807) is 0 Å². The zero-order chi connectivity index (χ0) is 15.9. The molecule has 0 aromatic heterocycles. The molecule has 1 fully saturated rings. The topological polar surface area (TPSA) is 53.0 Å². The van der Waals surface area contributed by atoms with Gasteiger partial charge in [0.15, 0.2) is 0 Å². The fraction of sp³-hybridized carbons (Fsp3) is 0.562. The molecule has 1 heterocycles. The van der Waals surface area contributed by atoms with Crippen LogP contribution in [0.1, 0.15) is 12.5 Å². The minimum atomic E-state index is -0.546. The normalized spacial score (nSPS) is 17.8. The molecule has 1 amide bonds. The predicted molar refractivity (Wildman–Crippen MR) is 85.8 cm³/mol. The maximum absolute atomic E-state index is 12.2. The number of carbonyl (C=O) groups is 1. The second kappa shape index (κ2) is 8.48. The molecule has 1 aromatic carbocycles. The maximum atomic E-state index is 12.2. The summed E-state index contributed by atoms with van der Waals surface area (Å²) in [6.45, 7) is 5.65. The number of rotatable bonds is 7. The first kappa shape index (κ1) is 17.2. The molecule has 1 N–H and O–H groups in total. The predicted octanol–water partition coefficient (Wildman–Crippen LogP) is 1.38. The summed E-state index contributed by atoms with van der Waals surface area (Å²) < 4.78 is 5.19. The number of hydrogen-bond acceptors (Lipinski definition) is 4. The quantitative estimate of drug-likeness (QED) is 0.822. The molecule has 1 aromatic rings. The molecule has 0 saturated carbocycles. The van der Waals surface area contributed by atoms with Gasteiger partial charge in [-0.05, 0) is 24.6 Å². The smallest absolute Gasteiger partial charge is 0.237 e. The molecule has 1 atom stereocenters. The molecular formula is C16H23ClN2O3. The molecule has 0 radical (unpaired) electrons. The Labute approximate surface area is 136 Å². The van der Waals surface area contributed by atoms with Gasteiger partial charge >= 0.3 is 0 Å². The summed E-state index contributed by atoms with van der Waals surface area (Å²) in [6.07, 6.45) is -0.546. The van der Waals surface area contributed by atoms with Gasteiger partial charge in [-0.15, -0.1) is 0 Å². The zero-order valence-corrected chi connectivity index (χ0v) is 13.6. The van der Waals surface area contributed by atoms with E-state index in [2.05, 4.69) is 0 Å². The van der Waals surface area contributed by atoms with Crippen molar-refractivity contribution in [3.8, 4) is 0 Å². The number of ether oxygens (including phenoxy) is 1. The van der Waals surface area contributed by atoms with Gasteiger partial charge in [0.1, 0.15) is 0 Å². The van der Waals surface area contributed by atoms with Crippen LogP contribution in [0, 0.1) is 0 Å². The molecule has 0 aliphatic carbocycles. The molecule has 0 unspecified atom stereocenters. The first-order valence-electron chi connectivity index (χ1n) is 7.59. The third-order valence-corrected chi connectivity index (χ3v) is 3.92. The zero-order valence-electron chi connectivity index (χ0n) is 12.9. The number of nitrogens with zero attached hydrogens (tertiary/aromatic N) is 2. The summed E-state index contributed by atoms with van der Waals surface area (Å²) in [5.41, 5.74) is 1.07. The lowest BCUT2D eigenvalue weighted by Crippen LogP contribution is -2.51. The van der Waals surface area contributed by atoms with Crippen molar-refractivity contribution in [3.63, 3.8) is 0 Å². The average molecular weight is 327 g/mol. The minimum absolute atomic E-state index is 0.0878. The summed E-state index contributed by atoms with van der Waals surface area (Å²) in [6, 6.07) is 7.55. The number of benzene rings is 1. The average Bonchev–Trinajstić information content (AvgIpc) is 2.50. The van der Waals surface area contributed by atoms with Gasteiger partial charge in [0.05, 0.1) is 19.3 Å². The van der Waals surface area contributed by atoms with Gasteiger partial charge < -0.3 is 14.7 Å². The Balaban J connectivity index is 1.80. The van der Waals surface area contributed by atoms with Crippen molar-refractivity contribution in [2.24, 2.45) is 0 Å². The summed E-state index contributed by atoms with van der Waals surface area (Å²) in [4.78, 5) is 16.0. The number of β-amino-alcohol motifs (C(OH)–C–C–N with tert-alkyl or cyclic N) is 1. The monoisotopic (exact) mass is 326 g/mol. The van der Waals surface area contributed by atoms with Gasteiger partial charge in [-0.3, -0.25) is 9.69 Å². The van der Waals surface area contributed by atoms with E-state index in [0.29, 0.717) is 44.4 Å². The van der Waals surface area contributed by atoms with Crippen LogP contribution in [0.15, 0.2) is 24.3 Å². The van der Waals surface area contributed by atoms with Crippen LogP contribution in [0.2, 0.25) is 5.02 Å². The molecule has 5 nitrogen and oxygen atoms in total. The lowest BCUT2D eigenvalue weighted by atomic mass is 10.2. The highest BCUT2D eigenvalue weighted by Gasteiger charge is 2.25. The molecular weight excluding hydrogens is 304 g/mol. The highest BCUT2D eigenvalue weighted by molar-refractivity contribution is 6.30. The van der Waals surface area contributed by atoms with E-state index in [4.69, 9.17) is 16.3 Å². The second-order valence-electron chi connectivity index (χ2n) is 5.49. The maximum Gasteiger partial charge on any atom is 0.237 e. The molecule has 1 aliphatic rings. The van der Waals surface area contributed by atoms with E-state index in [9.17, 15) is 9.90 Å². The lowest BCUT2D eigenvalue weighted by Gasteiger charge is -2.35. The molecule has 1 aliphatic heterocycles. The Kier molecular flexibility index (Phi) is 6.64. The van der Waals surface area contributed by atoms with E-state index < -0.39 is 6.10 Å². The first-order chi connectivity index (χ1) is 10.6. The van der Waals surface area contributed by atoms with Crippen LogP contribution in [0.25, 0.3) is 0 Å². The molecule has 6 heteroatoms. The van der Waals surface area contributed by atoms with Crippen molar-refractivity contribution in [1.29, 1.82) is 0 Å². The molecule has 0 bridgehead atoms. The largest absolute Gasteiger partial charge is 0.389 e. The van der Waals surface area contributed by atoms with Gasteiger partial charge in [0.25, 0.3) is 0 Å². The fourth-order valence-electron chi connectivity index (χ4n) is 2.50. The van der Waals surface area contributed by atoms with Crippen molar-refractivity contribution in [2.75, 3.05) is 39.4 Å². The Morgan fingerprint density at radius 2 is 2.05 bits per heavy atom. The van der Waals surface area contributed by atoms with Crippen LogP contribution in [0.4, 0.5) is 0 Å². The summed E-state index contributed by atoms with van der Waals surface area (Å²) in [5.74, 6) is 0.0878. The number of aliphatic hydroxyl groups excluding tert-OH is 1. The first-order valence-corrected chi connectivity index (χ1v) is 7.96. The highest BCUT2D eigenvalue weighted by atomic mass is 35.5. The van der Waals surface area contributed by atoms with Crippen LogP contribution in [-0.4, -0.2) is 66.3 Å². The third-order valence-electron chi connectivity index (χ3n) is 3.67. The van der Waals surface area contributed by atoms with Gasteiger partial charge in [-0.2, -0.15) is 0 Å². The van der Waals surface area contributed by atoms with E-state index in [1.165, 1.54) is 0 Å². The number of amides is 1. The Bertz CT molecular complexity index is 481. The van der Waals surface area contributed by atoms with Crippen molar-refractivity contribution in [2.45, 2.75) is 19.6 Å². The van der Waals surface area contributed by atoms with E-state index >= 15 is 0 Å². The van der Waals surface area contributed by atoms with Gasteiger partial charge in [-0.1, -0.05) is 23.7 Å². The molecule has 0 spiro atoms. The fourth-order valence-corrected chi connectivity index (χ4v) is 2.62. The van der Waals surface area contributed by atoms with Crippen molar-refractivity contribution >= 4 is 17.5 Å².